The lowest BCUT2D eigenvalue weighted by Gasteiger charge is -2.32. The number of carbonyl (C=O) groups excluding carboxylic acids is 2. The van der Waals surface area contributed by atoms with Crippen LogP contribution in [0.15, 0.2) is 18.2 Å². The number of hydrogen-bond acceptors (Lipinski definition) is 4. The van der Waals surface area contributed by atoms with Crippen LogP contribution >= 0.6 is 0 Å². The third kappa shape index (κ3) is 4.37. The van der Waals surface area contributed by atoms with Crippen molar-refractivity contribution in [2.75, 3.05) is 20.2 Å². The molecule has 0 aromatic heterocycles. The Labute approximate surface area is 156 Å². The van der Waals surface area contributed by atoms with Crippen molar-refractivity contribution in [3.63, 3.8) is 0 Å². The first-order valence-corrected chi connectivity index (χ1v) is 9.06. The fraction of sp³-hybridized carbons (Fsp3) is 0.526. The Morgan fingerprint density at radius 2 is 2.00 bits per heavy atom. The lowest BCUT2D eigenvalue weighted by Crippen LogP contribution is -2.47. The number of nitrogens with zero attached hydrogens (tertiary/aromatic N) is 1. The molecule has 2 amide bonds. The van der Waals surface area contributed by atoms with Gasteiger partial charge in [0.05, 0.1) is 13.0 Å². The van der Waals surface area contributed by atoms with Gasteiger partial charge in [-0.2, -0.15) is 0 Å². The van der Waals surface area contributed by atoms with E-state index in [0.29, 0.717) is 25.9 Å². The minimum absolute atomic E-state index is 0.00396. The molecule has 0 spiro atoms. The number of aliphatic carboxylic acids is 1. The van der Waals surface area contributed by atoms with Gasteiger partial charge in [-0.05, 0) is 43.4 Å². The molecular weight excluding hydrogens is 355 g/mol. The summed E-state index contributed by atoms with van der Waals surface area (Å²) in [7, 11) is 1.31. The van der Waals surface area contributed by atoms with E-state index in [1.54, 1.807) is 4.90 Å². The summed E-state index contributed by atoms with van der Waals surface area (Å²) in [5, 5.41) is 12.0. The molecule has 1 aromatic carbocycles. The van der Waals surface area contributed by atoms with Crippen LogP contribution in [0.1, 0.15) is 37.3 Å². The Morgan fingerprint density at radius 1 is 1.26 bits per heavy atom. The number of piperidine rings is 1. The van der Waals surface area contributed by atoms with Crippen molar-refractivity contribution in [3.05, 3.63) is 29.6 Å². The van der Waals surface area contributed by atoms with Crippen molar-refractivity contribution in [2.45, 2.75) is 31.7 Å². The zero-order valence-electron chi connectivity index (χ0n) is 15.1. The normalized spacial score (nSPS) is 20.7. The fourth-order valence-corrected chi connectivity index (χ4v) is 3.39. The van der Waals surface area contributed by atoms with Crippen molar-refractivity contribution >= 4 is 17.8 Å². The first kappa shape index (κ1) is 19.1. The second-order valence-electron chi connectivity index (χ2n) is 7.07. The molecule has 2 N–H and O–H groups in total. The maximum atomic E-state index is 13.9. The van der Waals surface area contributed by atoms with Gasteiger partial charge in [0.2, 0.25) is 11.8 Å². The van der Waals surface area contributed by atoms with Crippen LogP contribution < -0.4 is 10.1 Å². The predicted molar refractivity (Wildman–Crippen MR) is 93.5 cm³/mol. The molecule has 0 bridgehead atoms. The second-order valence-corrected chi connectivity index (χ2v) is 7.07. The Bertz CT molecular complexity index is 750. The van der Waals surface area contributed by atoms with Gasteiger partial charge in [0.25, 0.3) is 0 Å². The summed E-state index contributed by atoms with van der Waals surface area (Å²) in [5.74, 6) is -2.72. The number of nitrogens with one attached hydrogen (secondary N) is 1. The van der Waals surface area contributed by atoms with Crippen LogP contribution in [0.4, 0.5) is 4.39 Å². The SMILES string of the molecule is COc1ccc(C(NC(=O)C2CCCN(C(=O)C3CC3)C2)C(=O)O)cc1F. The van der Waals surface area contributed by atoms with Crippen molar-refractivity contribution in [1.29, 1.82) is 0 Å². The number of benzene rings is 1. The van der Waals surface area contributed by atoms with Gasteiger partial charge < -0.3 is 20.1 Å². The number of ether oxygens (including phenoxy) is 1. The molecule has 1 saturated heterocycles. The van der Waals surface area contributed by atoms with Crippen LogP contribution in [0.5, 0.6) is 5.75 Å². The van der Waals surface area contributed by atoms with Gasteiger partial charge in [0.15, 0.2) is 17.6 Å². The van der Waals surface area contributed by atoms with E-state index in [1.807, 2.05) is 0 Å². The highest BCUT2D eigenvalue weighted by atomic mass is 19.1. The van der Waals surface area contributed by atoms with Crippen molar-refractivity contribution in [2.24, 2.45) is 11.8 Å². The highest BCUT2D eigenvalue weighted by Gasteiger charge is 2.37. The van der Waals surface area contributed by atoms with E-state index in [9.17, 15) is 23.9 Å². The van der Waals surface area contributed by atoms with Crippen molar-refractivity contribution in [1.82, 2.24) is 10.2 Å². The van der Waals surface area contributed by atoms with Crippen LogP contribution in [-0.2, 0) is 14.4 Å². The van der Waals surface area contributed by atoms with Gasteiger partial charge >= 0.3 is 5.97 Å². The summed E-state index contributed by atoms with van der Waals surface area (Å²) in [4.78, 5) is 38.2. The molecule has 2 aliphatic rings. The molecule has 1 aliphatic heterocycles. The number of hydrogen-bond donors (Lipinski definition) is 2. The predicted octanol–water partition coefficient (Wildman–Crippen LogP) is 1.72. The third-order valence-corrected chi connectivity index (χ3v) is 5.07. The Hall–Kier alpha value is -2.64. The highest BCUT2D eigenvalue weighted by Crippen LogP contribution is 2.32. The summed E-state index contributed by atoms with van der Waals surface area (Å²) >= 11 is 0. The van der Waals surface area contributed by atoms with E-state index in [1.165, 1.54) is 19.2 Å². The summed E-state index contributed by atoms with van der Waals surface area (Å²) in [5.41, 5.74) is 0.121. The van der Waals surface area contributed by atoms with E-state index < -0.39 is 29.7 Å². The molecule has 8 heteroatoms. The summed E-state index contributed by atoms with van der Waals surface area (Å²) in [6, 6.07) is 2.41. The fourth-order valence-electron chi connectivity index (χ4n) is 3.39. The highest BCUT2D eigenvalue weighted by molar-refractivity contribution is 5.87. The number of likely N-dealkylation sites (tertiary alicyclic amines) is 1. The van der Waals surface area contributed by atoms with Gasteiger partial charge in [-0.1, -0.05) is 6.07 Å². The third-order valence-electron chi connectivity index (χ3n) is 5.07. The second kappa shape index (κ2) is 7.94. The molecule has 1 aromatic rings. The summed E-state index contributed by atoms with van der Waals surface area (Å²) < 4.78 is 18.7. The van der Waals surface area contributed by atoms with E-state index >= 15 is 0 Å². The van der Waals surface area contributed by atoms with Crippen LogP contribution in [0, 0.1) is 17.7 Å². The molecule has 2 unspecified atom stereocenters. The van der Waals surface area contributed by atoms with E-state index in [4.69, 9.17) is 4.74 Å². The first-order valence-electron chi connectivity index (χ1n) is 9.06. The molecule has 0 radical (unpaired) electrons. The molecule has 1 saturated carbocycles. The van der Waals surface area contributed by atoms with E-state index in [0.717, 1.165) is 18.9 Å². The van der Waals surface area contributed by atoms with Crippen LogP contribution in [0.25, 0.3) is 0 Å². The monoisotopic (exact) mass is 378 g/mol. The van der Waals surface area contributed by atoms with Crippen molar-refractivity contribution < 1.29 is 28.6 Å². The van der Waals surface area contributed by atoms with Gasteiger partial charge in [-0.25, -0.2) is 9.18 Å². The Kier molecular flexibility index (Phi) is 5.62. The molecular formula is C19H23FN2O5. The number of carboxylic acids is 1. The van der Waals surface area contributed by atoms with Crippen LogP contribution in [0.3, 0.4) is 0 Å². The summed E-state index contributed by atoms with van der Waals surface area (Å²) in [6.45, 7) is 0.926. The largest absolute Gasteiger partial charge is 0.494 e. The van der Waals surface area contributed by atoms with E-state index in [-0.39, 0.29) is 23.1 Å². The lowest BCUT2D eigenvalue weighted by molar-refractivity contribution is -0.144. The number of carboxylic acid groups (broad SMARTS) is 1. The minimum atomic E-state index is -1.37. The van der Waals surface area contributed by atoms with Crippen molar-refractivity contribution in [3.8, 4) is 5.75 Å². The Balaban J connectivity index is 1.68. The topological polar surface area (TPSA) is 95.9 Å². The maximum absolute atomic E-state index is 13.9. The molecule has 146 valence electrons. The number of amides is 2. The summed E-state index contributed by atoms with van der Waals surface area (Å²) in [6.07, 6.45) is 3.08. The molecule has 3 rings (SSSR count). The quantitative estimate of drug-likeness (QED) is 0.786. The Morgan fingerprint density at radius 3 is 2.59 bits per heavy atom. The molecule has 2 fully saturated rings. The van der Waals surface area contributed by atoms with Crippen LogP contribution in [-0.4, -0.2) is 48.0 Å². The first-order chi connectivity index (χ1) is 12.9. The van der Waals surface area contributed by atoms with Gasteiger partial charge in [0, 0.05) is 19.0 Å². The molecule has 1 heterocycles. The zero-order valence-corrected chi connectivity index (χ0v) is 15.1. The molecule has 7 nitrogen and oxygen atoms in total. The smallest absolute Gasteiger partial charge is 0.330 e. The standard InChI is InChI=1S/C19H23FN2O5/c1-27-15-7-6-12(9-14(15)20)16(19(25)26)21-17(23)13-3-2-8-22(10-13)18(24)11-4-5-11/h6-7,9,11,13,16H,2-5,8,10H2,1H3,(H,21,23)(H,25,26). The molecule has 1 aliphatic carbocycles. The maximum Gasteiger partial charge on any atom is 0.330 e. The van der Waals surface area contributed by atoms with Gasteiger partial charge in [-0.3, -0.25) is 9.59 Å². The molecule has 27 heavy (non-hydrogen) atoms. The molecule has 2 atom stereocenters. The number of rotatable bonds is 6. The van der Waals surface area contributed by atoms with Crippen LogP contribution in [0.2, 0.25) is 0 Å². The number of halogens is 1. The van der Waals surface area contributed by atoms with Gasteiger partial charge in [-0.15, -0.1) is 0 Å². The average molecular weight is 378 g/mol. The lowest BCUT2D eigenvalue weighted by atomic mass is 9.95. The van der Waals surface area contributed by atoms with Gasteiger partial charge in [0.1, 0.15) is 0 Å². The number of methoxy groups -OCH3 is 1. The van der Waals surface area contributed by atoms with E-state index in [2.05, 4.69) is 5.32 Å². The number of carbonyl (C=O) groups is 3. The average Bonchev–Trinajstić information content (AvgIpc) is 3.50. The minimum Gasteiger partial charge on any atom is -0.494 e. The zero-order chi connectivity index (χ0) is 19.6.